The molecule has 0 radical (unpaired) electrons. The standard InChI is InChI=1S/C47H33NS/c1-47(2)42-20-8-7-18-39(42)40-28-34(22-24-43(40)47)48(33-15-9-14-32(27-33)37-19-10-13-30-11-3-5-16-36(30)37)35-23-26-44-41(29-35)46-38-17-6-4-12-31(38)21-25-45(46)49-44/h3-29H,1-2H3. The number of anilines is 3. The van der Waals surface area contributed by atoms with E-state index in [0.29, 0.717) is 0 Å². The van der Waals surface area contributed by atoms with Gasteiger partial charge in [0.25, 0.3) is 0 Å². The molecule has 0 fully saturated rings. The van der Waals surface area contributed by atoms with E-state index in [1.165, 1.54) is 75.1 Å². The molecule has 49 heavy (non-hydrogen) atoms. The second-order valence-electron chi connectivity index (χ2n) is 13.8. The number of hydrogen-bond acceptors (Lipinski definition) is 2. The molecule has 1 nitrogen and oxygen atoms in total. The van der Waals surface area contributed by atoms with E-state index in [9.17, 15) is 0 Å². The molecule has 0 N–H and O–H groups in total. The first kappa shape index (κ1) is 28.3. The van der Waals surface area contributed by atoms with Crippen molar-refractivity contribution in [3.63, 3.8) is 0 Å². The van der Waals surface area contributed by atoms with Crippen LogP contribution >= 0.6 is 11.3 Å². The molecule has 0 spiro atoms. The Morgan fingerprint density at radius 3 is 1.96 bits per heavy atom. The van der Waals surface area contributed by atoms with Gasteiger partial charge in [0.1, 0.15) is 0 Å². The van der Waals surface area contributed by atoms with E-state index >= 15 is 0 Å². The number of thiophene rings is 1. The van der Waals surface area contributed by atoms with E-state index in [1.807, 2.05) is 11.3 Å². The summed E-state index contributed by atoms with van der Waals surface area (Å²) in [4.78, 5) is 2.46. The first-order valence-corrected chi connectivity index (χ1v) is 17.8. The van der Waals surface area contributed by atoms with Gasteiger partial charge in [-0.05, 0) is 103 Å². The van der Waals surface area contributed by atoms with Crippen molar-refractivity contribution in [1.29, 1.82) is 0 Å². The zero-order chi connectivity index (χ0) is 32.7. The summed E-state index contributed by atoms with van der Waals surface area (Å²) in [5, 5.41) is 7.75. The molecule has 232 valence electrons. The fourth-order valence-corrected chi connectivity index (χ4v) is 9.36. The van der Waals surface area contributed by atoms with Crippen molar-refractivity contribution in [2.75, 3.05) is 4.90 Å². The van der Waals surface area contributed by atoms with Gasteiger partial charge in [0, 0.05) is 42.6 Å². The SMILES string of the molecule is CC1(C)c2ccccc2-c2cc(N(c3cccc(-c4cccc5ccccc45)c3)c3ccc4sc5ccc6ccccc6c5c4c3)ccc21. The molecule has 8 aromatic carbocycles. The van der Waals surface area contributed by atoms with Crippen molar-refractivity contribution in [2.24, 2.45) is 0 Å². The maximum absolute atomic E-state index is 2.46. The molecular formula is C47H33NS. The highest BCUT2D eigenvalue weighted by Gasteiger charge is 2.35. The van der Waals surface area contributed by atoms with Gasteiger partial charge in [-0.1, -0.05) is 129 Å². The number of benzene rings is 8. The number of rotatable bonds is 4. The monoisotopic (exact) mass is 643 g/mol. The third-order valence-corrected chi connectivity index (χ3v) is 11.8. The molecule has 2 heteroatoms. The average molecular weight is 644 g/mol. The van der Waals surface area contributed by atoms with Crippen LogP contribution in [0.3, 0.4) is 0 Å². The molecule has 10 rings (SSSR count). The lowest BCUT2D eigenvalue weighted by Crippen LogP contribution is -2.15. The van der Waals surface area contributed by atoms with Crippen LogP contribution in [0, 0.1) is 0 Å². The highest BCUT2D eigenvalue weighted by atomic mass is 32.1. The molecule has 0 saturated heterocycles. The fourth-order valence-electron chi connectivity index (χ4n) is 8.26. The van der Waals surface area contributed by atoms with Crippen LogP contribution in [-0.2, 0) is 5.41 Å². The van der Waals surface area contributed by atoms with E-state index in [1.54, 1.807) is 0 Å². The van der Waals surface area contributed by atoms with Gasteiger partial charge in [-0.3, -0.25) is 0 Å². The van der Waals surface area contributed by atoms with Crippen molar-refractivity contribution >= 4 is 70.1 Å². The Morgan fingerprint density at radius 1 is 0.429 bits per heavy atom. The van der Waals surface area contributed by atoms with Crippen LogP contribution in [0.1, 0.15) is 25.0 Å². The summed E-state index contributed by atoms with van der Waals surface area (Å²) in [5.74, 6) is 0. The molecule has 1 aromatic heterocycles. The maximum Gasteiger partial charge on any atom is 0.0468 e. The van der Waals surface area contributed by atoms with Gasteiger partial charge in [0.05, 0.1) is 0 Å². The predicted octanol–water partition coefficient (Wildman–Crippen LogP) is 13.8. The van der Waals surface area contributed by atoms with Gasteiger partial charge < -0.3 is 4.90 Å². The minimum atomic E-state index is -0.0425. The predicted molar refractivity (Wildman–Crippen MR) is 212 cm³/mol. The zero-order valence-corrected chi connectivity index (χ0v) is 28.3. The van der Waals surface area contributed by atoms with Crippen molar-refractivity contribution in [1.82, 2.24) is 0 Å². The Bertz CT molecular complexity index is 2760. The lowest BCUT2D eigenvalue weighted by atomic mass is 9.82. The van der Waals surface area contributed by atoms with Gasteiger partial charge in [0.15, 0.2) is 0 Å². The number of nitrogens with zero attached hydrogens (tertiary/aromatic N) is 1. The van der Waals surface area contributed by atoms with Crippen LogP contribution < -0.4 is 4.90 Å². The largest absolute Gasteiger partial charge is 0.310 e. The molecule has 0 unspecified atom stereocenters. The minimum Gasteiger partial charge on any atom is -0.310 e. The minimum absolute atomic E-state index is 0.0425. The Labute approximate surface area is 290 Å². The first-order chi connectivity index (χ1) is 24.0. The Morgan fingerprint density at radius 2 is 1.06 bits per heavy atom. The van der Waals surface area contributed by atoms with Crippen molar-refractivity contribution in [3.05, 3.63) is 175 Å². The summed E-state index contributed by atoms with van der Waals surface area (Å²) in [6, 6.07) is 60.7. The smallest absolute Gasteiger partial charge is 0.0468 e. The second-order valence-corrected chi connectivity index (χ2v) is 14.8. The van der Waals surface area contributed by atoms with Crippen molar-refractivity contribution < 1.29 is 0 Å². The number of hydrogen-bond donors (Lipinski definition) is 0. The molecule has 0 amide bonds. The summed E-state index contributed by atoms with van der Waals surface area (Å²) in [5.41, 5.74) is 11.3. The van der Waals surface area contributed by atoms with E-state index in [-0.39, 0.29) is 5.41 Å². The summed E-state index contributed by atoms with van der Waals surface area (Å²) in [7, 11) is 0. The van der Waals surface area contributed by atoms with E-state index in [0.717, 1.165) is 17.1 Å². The lowest BCUT2D eigenvalue weighted by molar-refractivity contribution is 0.660. The Kier molecular flexibility index (Phi) is 6.16. The first-order valence-electron chi connectivity index (χ1n) is 17.0. The van der Waals surface area contributed by atoms with Gasteiger partial charge in [-0.15, -0.1) is 11.3 Å². The Balaban J connectivity index is 1.22. The van der Waals surface area contributed by atoms with Crippen LogP contribution in [0.5, 0.6) is 0 Å². The summed E-state index contributed by atoms with van der Waals surface area (Å²) < 4.78 is 2.64. The van der Waals surface area contributed by atoms with Gasteiger partial charge in [-0.25, -0.2) is 0 Å². The topological polar surface area (TPSA) is 3.24 Å². The molecule has 1 heterocycles. The molecule has 0 saturated carbocycles. The van der Waals surface area contributed by atoms with Gasteiger partial charge in [0.2, 0.25) is 0 Å². The third kappa shape index (κ3) is 4.31. The molecule has 0 atom stereocenters. The molecule has 0 bridgehead atoms. The Hall–Kier alpha value is -5.70. The van der Waals surface area contributed by atoms with E-state index in [2.05, 4.69) is 183 Å². The van der Waals surface area contributed by atoms with E-state index < -0.39 is 0 Å². The normalized spacial score (nSPS) is 13.3. The van der Waals surface area contributed by atoms with E-state index in [4.69, 9.17) is 0 Å². The van der Waals surface area contributed by atoms with Crippen molar-refractivity contribution in [3.8, 4) is 22.3 Å². The highest BCUT2D eigenvalue weighted by molar-refractivity contribution is 7.26. The van der Waals surface area contributed by atoms with Crippen LogP contribution in [0.15, 0.2) is 164 Å². The molecular weight excluding hydrogens is 611 g/mol. The molecule has 9 aromatic rings. The van der Waals surface area contributed by atoms with Crippen LogP contribution in [-0.4, -0.2) is 0 Å². The number of fused-ring (bicyclic) bond motifs is 9. The van der Waals surface area contributed by atoms with Crippen LogP contribution in [0.4, 0.5) is 17.1 Å². The summed E-state index contributed by atoms with van der Waals surface area (Å²) in [6.07, 6.45) is 0. The molecule has 0 aliphatic heterocycles. The lowest BCUT2D eigenvalue weighted by Gasteiger charge is -2.28. The maximum atomic E-state index is 2.46. The fraction of sp³-hybridized carbons (Fsp3) is 0.0638. The molecule has 1 aliphatic rings. The van der Waals surface area contributed by atoms with Crippen molar-refractivity contribution in [2.45, 2.75) is 19.3 Å². The third-order valence-electron chi connectivity index (χ3n) is 10.6. The van der Waals surface area contributed by atoms with Crippen LogP contribution in [0.25, 0.3) is 64.0 Å². The summed E-state index contributed by atoms with van der Waals surface area (Å²) in [6.45, 7) is 4.70. The van der Waals surface area contributed by atoms with Crippen LogP contribution in [0.2, 0.25) is 0 Å². The molecule has 1 aliphatic carbocycles. The quantitative estimate of drug-likeness (QED) is 0.184. The average Bonchev–Trinajstić information content (AvgIpc) is 3.63. The van der Waals surface area contributed by atoms with Gasteiger partial charge in [-0.2, -0.15) is 0 Å². The second kappa shape index (κ2) is 10.7. The zero-order valence-electron chi connectivity index (χ0n) is 27.4. The summed E-state index contributed by atoms with van der Waals surface area (Å²) >= 11 is 1.88. The van der Waals surface area contributed by atoms with Gasteiger partial charge >= 0.3 is 0 Å². The highest BCUT2D eigenvalue weighted by Crippen LogP contribution is 2.51.